The predicted molar refractivity (Wildman–Crippen MR) is 103 cm³/mol. The van der Waals surface area contributed by atoms with Gasteiger partial charge in [0.2, 0.25) is 0 Å². The lowest BCUT2D eigenvalue weighted by Crippen LogP contribution is -2.38. The maximum Gasteiger partial charge on any atom is 0.251 e. The Kier molecular flexibility index (Phi) is 5.23. The standard InChI is InChI=1S/C22H25FN2O2/c23-19-3-1-2-18(12-19)16-4-6-17(7-5-16)21(26)25-14-20-13-22(15-27-20)8-10-24-11-9-22/h1-7,12,20,24H,8-11,13-15H2,(H,25,26). The topological polar surface area (TPSA) is 50.4 Å². The summed E-state index contributed by atoms with van der Waals surface area (Å²) in [6.45, 7) is 3.46. The summed E-state index contributed by atoms with van der Waals surface area (Å²) in [6.07, 6.45) is 3.42. The summed E-state index contributed by atoms with van der Waals surface area (Å²) >= 11 is 0. The van der Waals surface area contributed by atoms with E-state index in [-0.39, 0.29) is 17.8 Å². The third kappa shape index (κ3) is 4.20. The van der Waals surface area contributed by atoms with Crippen molar-refractivity contribution in [3.8, 4) is 11.1 Å². The number of carbonyl (C=O) groups is 1. The molecule has 1 atom stereocenters. The molecule has 1 spiro atoms. The van der Waals surface area contributed by atoms with Crippen LogP contribution in [0.3, 0.4) is 0 Å². The molecule has 0 aliphatic carbocycles. The molecule has 4 nitrogen and oxygen atoms in total. The predicted octanol–water partition coefficient (Wildman–Crippen LogP) is 3.38. The molecule has 2 heterocycles. The number of ether oxygens (including phenoxy) is 1. The highest BCUT2D eigenvalue weighted by atomic mass is 19.1. The van der Waals surface area contributed by atoms with Gasteiger partial charge in [-0.1, -0.05) is 24.3 Å². The molecule has 2 saturated heterocycles. The molecule has 2 N–H and O–H groups in total. The summed E-state index contributed by atoms with van der Waals surface area (Å²) in [5, 5.41) is 6.39. The van der Waals surface area contributed by atoms with Crippen LogP contribution < -0.4 is 10.6 Å². The van der Waals surface area contributed by atoms with Crippen LogP contribution in [0.4, 0.5) is 4.39 Å². The molecule has 0 radical (unpaired) electrons. The number of piperidine rings is 1. The van der Waals surface area contributed by atoms with Gasteiger partial charge in [-0.2, -0.15) is 0 Å². The van der Waals surface area contributed by atoms with Crippen molar-refractivity contribution in [1.29, 1.82) is 0 Å². The van der Waals surface area contributed by atoms with Crippen molar-refractivity contribution < 1.29 is 13.9 Å². The summed E-state index contributed by atoms with van der Waals surface area (Å²) in [5.74, 6) is -0.368. The summed E-state index contributed by atoms with van der Waals surface area (Å²) in [6, 6.07) is 13.7. The fourth-order valence-electron chi connectivity index (χ4n) is 4.12. The van der Waals surface area contributed by atoms with Crippen molar-refractivity contribution in [2.24, 2.45) is 5.41 Å². The highest BCUT2D eigenvalue weighted by Crippen LogP contribution is 2.40. The van der Waals surface area contributed by atoms with Gasteiger partial charge in [0.05, 0.1) is 12.7 Å². The Balaban J connectivity index is 1.32. The Labute approximate surface area is 159 Å². The molecule has 0 bridgehead atoms. The SMILES string of the molecule is O=C(NCC1CC2(CCNCC2)CO1)c1ccc(-c2cccc(F)c2)cc1. The van der Waals surface area contributed by atoms with Crippen LogP contribution in [0.5, 0.6) is 0 Å². The van der Waals surface area contributed by atoms with Gasteiger partial charge >= 0.3 is 0 Å². The average molecular weight is 368 g/mol. The maximum absolute atomic E-state index is 13.4. The molecule has 5 heteroatoms. The van der Waals surface area contributed by atoms with Gasteiger partial charge < -0.3 is 15.4 Å². The van der Waals surface area contributed by atoms with Gasteiger partial charge in [0.1, 0.15) is 5.82 Å². The largest absolute Gasteiger partial charge is 0.376 e. The minimum absolute atomic E-state index is 0.0959. The highest BCUT2D eigenvalue weighted by molar-refractivity contribution is 5.94. The first-order valence-corrected chi connectivity index (χ1v) is 9.60. The summed E-state index contributed by atoms with van der Waals surface area (Å²) < 4.78 is 19.3. The Morgan fingerprint density at radius 1 is 1.15 bits per heavy atom. The van der Waals surface area contributed by atoms with Gasteiger partial charge in [0.15, 0.2) is 0 Å². The summed E-state index contributed by atoms with van der Waals surface area (Å²) in [5.41, 5.74) is 2.59. The van der Waals surface area contributed by atoms with Gasteiger partial charge in [-0.15, -0.1) is 0 Å². The number of carbonyl (C=O) groups excluding carboxylic acids is 1. The van der Waals surface area contributed by atoms with Crippen molar-refractivity contribution in [2.45, 2.75) is 25.4 Å². The van der Waals surface area contributed by atoms with Gasteiger partial charge in [0, 0.05) is 12.1 Å². The molecule has 4 rings (SSSR count). The third-order valence-corrected chi connectivity index (χ3v) is 5.75. The summed E-state index contributed by atoms with van der Waals surface area (Å²) in [7, 11) is 0. The zero-order valence-corrected chi connectivity index (χ0v) is 15.3. The first kappa shape index (κ1) is 18.1. The van der Waals surface area contributed by atoms with Crippen LogP contribution in [-0.4, -0.2) is 38.3 Å². The van der Waals surface area contributed by atoms with Crippen molar-refractivity contribution in [2.75, 3.05) is 26.2 Å². The normalized spacial score (nSPS) is 21.3. The smallest absolute Gasteiger partial charge is 0.251 e. The molecule has 2 aliphatic heterocycles. The van der Waals surface area contributed by atoms with Crippen molar-refractivity contribution in [1.82, 2.24) is 10.6 Å². The van der Waals surface area contributed by atoms with E-state index in [4.69, 9.17) is 4.74 Å². The molecule has 0 aromatic heterocycles. The van der Waals surface area contributed by atoms with E-state index in [1.807, 2.05) is 18.2 Å². The van der Waals surface area contributed by atoms with Crippen LogP contribution in [0.25, 0.3) is 11.1 Å². The van der Waals surface area contributed by atoms with E-state index < -0.39 is 0 Å². The van der Waals surface area contributed by atoms with E-state index in [2.05, 4.69) is 10.6 Å². The zero-order chi connectivity index (χ0) is 18.7. The highest BCUT2D eigenvalue weighted by Gasteiger charge is 2.40. The number of hydrogen-bond donors (Lipinski definition) is 2. The van der Waals surface area contributed by atoms with Crippen LogP contribution in [0.2, 0.25) is 0 Å². The molecule has 2 aliphatic rings. The average Bonchev–Trinajstić information content (AvgIpc) is 3.09. The molecule has 2 aromatic carbocycles. The lowest BCUT2D eigenvalue weighted by molar-refractivity contribution is 0.0781. The lowest BCUT2D eigenvalue weighted by Gasteiger charge is -2.32. The van der Waals surface area contributed by atoms with E-state index in [9.17, 15) is 9.18 Å². The van der Waals surface area contributed by atoms with Crippen molar-refractivity contribution in [3.05, 3.63) is 59.9 Å². The zero-order valence-electron chi connectivity index (χ0n) is 15.3. The Morgan fingerprint density at radius 3 is 2.67 bits per heavy atom. The van der Waals surface area contributed by atoms with Crippen LogP contribution in [0, 0.1) is 11.2 Å². The number of halogens is 1. The molecule has 142 valence electrons. The van der Waals surface area contributed by atoms with Crippen molar-refractivity contribution >= 4 is 5.91 Å². The fourth-order valence-corrected chi connectivity index (χ4v) is 4.12. The van der Waals surface area contributed by atoms with Gasteiger partial charge in [0.25, 0.3) is 5.91 Å². The molecule has 2 aromatic rings. The van der Waals surface area contributed by atoms with Crippen LogP contribution >= 0.6 is 0 Å². The lowest BCUT2D eigenvalue weighted by atomic mass is 9.77. The number of nitrogens with one attached hydrogen (secondary N) is 2. The van der Waals surface area contributed by atoms with Crippen LogP contribution in [-0.2, 0) is 4.74 Å². The quantitative estimate of drug-likeness (QED) is 0.870. The third-order valence-electron chi connectivity index (χ3n) is 5.75. The minimum atomic E-state index is -0.266. The van der Waals surface area contributed by atoms with Crippen molar-refractivity contribution in [3.63, 3.8) is 0 Å². The first-order chi connectivity index (χ1) is 13.1. The molecule has 1 unspecified atom stereocenters. The Morgan fingerprint density at radius 2 is 1.93 bits per heavy atom. The van der Waals surface area contributed by atoms with E-state index >= 15 is 0 Å². The van der Waals surface area contributed by atoms with Gasteiger partial charge in [-0.3, -0.25) is 4.79 Å². The van der Waals surface area contributed by atoms with E-state index in [1.165, 1.54) is 12.1 Å². The molecular weight excluding hydrogens is 343 g/mol. The van der Waals surface area contributed by atoms with Crippen LogP contribution in [0.1, 0.15) is 29.6 Å². The number of rotatable bonds is 4. The number of hydrogen-bond acceptors (Lipinski definition) is 3. The monoisotopic (exact) mass is 368 g/mol. The Bertz CT molecular complexity index is 800. The minimum Gasteiger partial charge on any atom is -0.376 e. The first-order valence-electron chi connectivity index (χ1n) is 9.60. The fraction of sp³-hybridized carbons (Fsp3) is 0.409. The molecule has 0 saturated carbocycles. The van der Waals surface area contributed by atoms with E-state index in [1.54, 1.807) is 18.2 Å². The second-order valence-electron chi connectivity index (χ2n) is 7.68. The Hall–Kier alpha value is -2.24. The molecule has 1 amide bonds. The maximum atomic E-state index is 13.4. The van der Waals surface area contributed by atoms with Crippen LogP contribution in [0.15, 0.2) is 48.5 Å². The second kappa shape index (κ2) is 7.79. The number of amides is 1. The van der Waals surface area contributed by atoms with Gasteiger partial charge in [-0.05, 0) is 73.2 Å². The second-order valence-corrected chi connectivity index (χ2v) is 7.68. The van der Waals surface area contributed by atoms with E-state index in [0.717, 1.165) is 50.1 Å². The van der Waals surface area contributed by atoms with Gasteiger partial charge in [-0.25, -0.2) is 4.39 Å². The van der Waals surface area contributed by atoms with E-state index in [0.29, 0.717) is 17.5 Å². The number of benzene rings is 2. The molecule has 2 fully saturated rings. The summed E-state index contributed by atoms with van der Waals surface area (Å²) in [4.78, 5) is 12.4. The molecular formula is C22H25FN2O2. The molecule has 27 heavy (non-hydrogen) atoms.